The maximum absolute atomic E-state index is 11.4. The molecule has 0 aromatic heterocycles. The molecule has 4 saturated carbocycles. The van der Waals surface area contributed by atoms with Crippen molar-refractivity contribution in [1.29, 1.82) is 0 Å². The van der Waals surface area contributed by atoms with Gasteiger partial charge in [-0.1, -0.05) is 19.1 Å². The number of ether oxygens (including phenoxy) is 1. The Kier molecular flexibility index (Phi) is 4.07. The minimum atomic E-state index is -0.0898. The molecule has 5 aliphatic rings. The van der Waals surface area contributed by atoms with Crippen LogP contribution in [0.4, 0.5) is 0 Å². The smallest absolute Gasteiger partial charge is 0.302 e. The Labute approximate surface area is 159 Å². The molecule has 0 N–H and O–H groups in total. The van der Waals surface area contributed by atoms with Crippen molar-refractivity contribution < 1.29 is 9.53 Å². The van der Waals surface area contributed by atoms with Crippen LogP contribution in [0.1, 0.15) is 84.5 Å². The first kappa shape index (κ1) is 17.3. The maximum Gasteiger partial charge on any atom is 0.302 e. The molecule has 2 nitrogen and oxygen atoms in total. The molecule has 0 aromatic rings. The van der Waals surface area contributed by atoms with Gasteiger partial charge < -0.3 is 4.74 Å². The van der Waals surface area contributed by atoms with Gasteiger partial charge in [0.25, 0.3) is 0 Å². The molecule has 2 heteroatoms. The van der Waals surface area contributed by atoms with Crippen molar-refractivity contribution in [1.82, 2.24) is 0 Å². The third-order valence-electron chi connectivity index (χ3n) is 9.82. The zero-order valence-corrected chi connectivity index (χ0v) is 16.7. The third kappa shape index (κ3) is 2.39. The molecule has 1 spiro atoms. The summed E-state index contributed by atoms with van der Waals surface area (Å²) in [7, 11) is 0. The Morgan fingerprint density at radius 1 is 0.962 bits per heavy atom. The van der Waals surface area contributed by atoms with Gasteiger partial charge in [0.05, 0.1) is 0 Å². The standard InChI is InChI=1S/C24H36O2/c1-16(25)26-19-10-13-23(2)18(15-19)6-8-20-21(23)11-14-24-12-4-3-5-17(24)7-9-22(20)24/h4,12,17-22H,3,5-11,13-15H2,1-2H3/t17?,18?,19-,20?,21?,22?,23?,24?/m1/s1. The van der Waals surface area contributed by atoms with Crippen molar-refractivity contribution in [2.45, 2.75) is 90.6 Å². The normalized spacial score (nSPS) is 52.4. The van der Waals surface area contributed by atoms with Crippen molar-refractivity contribution in [3.8, 4) is 0 Å². The van der Waals surface area contributed by atoms with Gasteiger partial charge >= 0.3 is 5.97 Å². The van der Waals surface area contributed by atoms with Crippen molar-refractivity contribution in [3.05, 3.63) is 12.2 Å². The number of rotatable bonds is 1. The van der Waals surface area contributed by atoms with Crippen LogP contribution in [0, 0.1) is 40.4 Å². The van der Waals surface area contributed by atoms with E-state index in [2.05, 4.69) is 19.1 Å². The topological polar surface area (TPSA) is 26.3 Å². The molecule has 0 bridgehead atoms. The van der Waals surface area contributed by atoms with Gasteiger partial charge in [-0.15, -0.1) is 0 Å². The van der Waals surface area contributed by atoms with E-state index >= 15 is 0 Å². The Bertz CT molecular complexity index is 609. The molecule has 5 rings (SSSR count). The van der Waals surface area contributed by atoms with Gasteiger partial charge in [0.2, 0.25) is 0 Å². The van der Waals surface area contributed by atoms with E-state index in [0.717, 1.165) is 42.4 Å². The number of allylic oxidation sites excluding steroid dienone is 2. The Hall–Kier alpha value is -0.790. The Balaban J connectivity index is 1.38. The minimum absolute atomic E-state index is 0.0898. The summed E-state index contributed by atoms with van der Waals surface area (Å²) in [6, 6.07) is 0. The number of fused-ring (bicyclic) bond motifs is 4. The summed E-state index contributed by atoms with van der Waals surface area (Å²) >= 11 is 0. The number of carbonyl (C=O) groups is 1. The summed E-state index contributed by atoms with van der Waals surface area (Å²) < 4.78 is 5.61. The SMILES string of the molecule is CC(=O)O[C@@H]1CCC2(C)C(CCC3C2CCC24C=CCCC2CCC34)C1. The predicted molar refractivity (Wildman–Crippen MR) is 103 cm³/mol. The lowest BCUT2D eigenvalue weighted by Gasteiger charge is -2.61. The highest BCUT2D eigenvalue weighted by Crippen LogP contribution is 2.69. The van der Waals surface area contributed by atoms with E-state index in [-0.39, 0.29) is 12.1 Å². The largest absolute Gasteiger partial charge is 0.463 e. The van der Waals surface area contributed by atoms with E-state index in [1.54, 1.807) is 6.92 Å². The van der Waals surface area contributed by atoms with Gasteiger partial charge in [-0.05, 0) is 111 Å². The molecule has 0 saturated heterocycles. The second-order valence-corrected chi connectivity index (χ2v) is 10.6. The summed E-state index contributed by atoms with van der Waals surface area (Å²) in [5, 5.41) is 0. The fourth-order valence-corrected chi connectivity index (χ4v) is 8.75. The van der Waals surface area contributed by atoms with Gasteiger partial charge in [-0.25, -0.2) is 0 Å². The fraction of sp³-hybridized carbons (Fsp3) is 0.875. The second kappa shape index (κ2) is 6.11. The highest BCUT2D eigenvalue weighted by molar-refractivity contribution is 5.66. The van der Waals surface area contributed by atoms with Crippen LogP contribution in [0.25, 0.3) is 0 Å². The fourth-order valence-electron chi connectivity index (χ4n) is 8.75. The molecule has 5 aliphatic carbocycles. The summed E-state index contributed by atoms with van der Waals surface area (Å²) in [4.78, 5) is 11.4. The zero-order chi connectivity index (χ0) is 17.9. The monoisotopic (exact) mass is 356 g/mol. The molecule has 0 amide bonds. The first-order valence-electron chi connectivity index (χ1n) is 11.4. The van der Waals surface area contributed by atoms with Gasteiger partial charge in [0, 0.05) is 6.92 Å². The average Bonchev–Trinajstić information content (AvgIpc) is 3.01. The second-order valence-electron chi connectivity index (χ2n) is 10.6. The van der Waals surface area contributed by atoms with Crippen LogP contribution in [-0.4, -0.2) is 12.1 Å². The molecular weight excluding hydrogens is 320 g/mol. The lowest BCUT2D eigenvalue weighted by atomic mass is 9.44. The lowest BCUT2D eigenvalue weighted by Crippen LogP contribution is -2.54. The summed E-state index contributed by atoms with van der Waals surface area (Å²) in [6.45, 7) is 4.18. The minimum Gasteiger partial charge on any atom is -0.463 e. The number of carbonyl (C=O) groups excluding carboxylic acids is 1. The molecule has 4 fully saturated rings. The van der Waals surface area contributed by atoms with Crippen LogP contribution in [0.2, 0.25) is 0 Å². The summed E-state index contributed by atoms with van der Waals surface area (Å²) in [5.74, 6) is 4.52. The van der Waals surface area contributed by atoms with E-state index in [1.807, 2.05) is 0 Å². The third-order valence-corrected chi connectivity index (χ3v) is 9.82. The maximum atomic E-state index is 11.4. The van der Waals surface area contributed by atoms with Gasteiger partial charge in [0.1, 0.15) is 6.10 Å². The molecule has 7 unspecified atom stereocenters. The van der Waals surface area contributed by atoms with Gasteiger partial charge in [0.15, 0.2) is 0 Å². The van der Waals surface area contributed by atoms with Crippen LogP contribution in [0.3, 0.4) is 0 Å². The average molecular weight is 357 g/mol. The zero-order valence-electron chi connectivity index (χ0n) is 16.7. The highest BCUT2D eigenvalue weighted by atomic mass is 16.5. The Morgan fingerprint density at radius 3 is 2.65 bits per heavy atom. The van der Waals surface area contributed by atoms with Crippen molar-refractivity contribution >= 4 is 5.97 Å². The molecule has 144 valence electrons. The lowest BCUT2D eigenvalue weighted by molar-refractivity contribution is -0.159. The molecule has 26 heavy (non-hydrogen) atoms. The van der Waals surface area contributed by atoms with Crippen LogP contribution < -0.4 is 0 Å². The van der Waals surface area contributed by atoms with E-state index in [9.17, 15) is 4.79 Å². The number of hydrogen-bond donors (Lipinski definition) is 0. The first-order valence-corrected chi connectivity index (χ1v) is 11.4. The van der Waals surface area contributed by atoms with Crippen molar-refractivity contribution in [3.63, 3.8) is 0 Å². The molecule has 0 radical (unpaired) electrons. The predicted octanol–water partition coefficient (Wildman–Crippen LogP) is 5.91. The van der Waals surface area contributed by atoms with E-state index in [4.69, 9.17) is 4.74 Å². The number of hydrogen-bond acceptors (Lipinski definition) is 2. The Morgan fingerprint density at radius 2 is 1.81 bits per heavy atom. The van der Waals surface area contributed by atoms with Crippen LogP contribution >= 0.6 is 0 Å². The first-order chi connectivity index (χ1) is 12.5. The van der Waals surface area contributed by atoms with Gasteiger partial charge in [-0.3, -0.25) is 4.79 Å². The quantitative estimate of drug-likeness (QED) is 0.431. The molecule has 0 aromatic carbocycles. The molecule has 0 aliphatic heterocycles. The van der Waals surface area contributed by atoms with Crippen molar-refractivity contribution in [2.75, 3.05) is 0 Å². The number of esters is 1. The van der Waals surface area contributed by atoms with Crippen LogP contribution in [-0.2, 0) is 9.53 Å². The molecular formula is C24H36O2. The van der Waals surface area contributed by atoms with Crippen LogP contribution in [0.5, 0.6) is 0 Å². The highest BCUT2D eigenvalue weighted by Gasteiger charge is 2.61. The molecule has 0 heterocycles. The molecule has 8 atom stereocenters. The summed E-state index contributed by atoms with van der Waals surface area (Å²) in [5.41, 5.74) is 1.08. The van der Waals surface area contributed by atoms with E-state index < -0.39 is 0 Å². The van der Waals surface area contributed by atoms with Crippen molar-refractivity contribution in [2.24, 2.45) is 40.4 Å². The van der Waals surface area contributed by atoms with Crippen LogP contribution in [0.15, 0.2) is 12.2 Å². The summed E-state index contributed by atoms with van der Waals surface area (Å²) in [6.07, 6.45) is 20.4. The van der Waals surface area contributed by atoms with Gasteiger partial charge in [-0.2, -0.15) is 0 Å². The van der Waals surface area contributed by atoms with E-state index in [1.165, 1.54) is 57.8 Å². The van der Waals surface area contributed by atoms with E-state index in [0.29, 0.717) is 10.8 Å².